The van der Waals surface area contributed by atoms with Gasteiger partial charge in [0.05, 0.1) is 13.2 Å². The van der Waals surface area contributed by atoms with Crippen LogP contribution in [0.5, 0.6) is 0 Å². The molecule has 1 saturated heterocycles. The molecule has 6 heteroatoms. The monoisotopic (exact) mass is 182 g/mol. The van der Waals surface area contributed by atoms with Crippen molar-refractivity contribution in [1.82, 2.24) is 19.8 Å². The highest BCUT2D eigenvalue weighted by Gasteiger charge is 2.24. The lowest BCUT2D eigenvalue weighted by Crippen LogP contribution is -2.38. The summed E-state index contributed by atoms with van der Waals surface area (Å²) in [5, 5.41) is 7.43. The van der Waals surface area contributed by atoms with Crippen LogP contribution in [0.15, 0.2) is 10.9 Å². The molecular formula is C7H10N4O2. The number of hydrogen-bond donors (Lipinski definition) is 0. The topological polar surface area (TPSA) is 61.9 Å². The predicted octanol–water partition coefficient (Wildman–Crippen LogP) is -0.498. The minimum absolute atomic E-state index is 0.0616. The van der Waals surface area contributed by atoms with E-state index in [0.717, 1.165) is 0 Å². The van der Waals surface area contributed by atoms with E-state index in [1.807, 2.05) is 6.92 Å². The lowest BCUT2D eigenvalue weighted by atomic mass is 10.3. The number of tetrazole rings is 1. The minimum Gasteiger partial charge on any atom is -0.377 e. The Labute approximate surface area is 74.4 Å². The first kappa shape index (κ1) is 8.18. The van der Waals surface area contributed by atoms with Gasteiger partial charge in [-0.15, -0.1) is 0 Å². The highest BCUT2D eigenvalue weighted by Crippen LogP contribution is 2.12. The van der Waals surface area contributed by atoms with Gasteiger partial charge in [-0.1, -0.05) is 6.08 Å². The summed E-state index contributed by atoms with van der Waals surface area (Å²) in [5.74, 6) is 0. The maximum absolute atomic E-state index is 11.5. The highest BCUT2D eigenvalue weighted by molar-refractivity contribution is 5.16. The number of ether oxygens (including phenoxy) is 1. The van der Waals surface area contributed by atoms with E-state index in [2.05, 4.69) is 10.4 Å². The third-order valence-electron chi connectivity index (χ3n) is 1.88. The smallest absolute Gasteiger partial charge is 0.368 e. The minimum atomic E-state index is -0.216. The van der Waals surface area contributed by atoms with Crippen molar-refractivity contribution in [1.29, 1.82) is 0 Å². The summed E-state index contributed by atoms with van der Waals surface area (Å²) in [6.45, 7) is 2.92. The fraction of sp³-hybridized carbons (Fsp3) is 0.571. The van der Waals surface area contributed by atoms with Gasteiger partial charge >= 0.3 is 5.69 Å². The fourth-order valence-electron chi connectivity index (χ4n) is 1.10. The average Bonchev–Trinajstić information content (AvgIpc) is 2.34. The van der Waals surface area contributed by atoms with Crippen LogP contribution in [-0.4, -0.2) is 33.0 Å². The molecule has 2 heterocycles. The van der Waals surface area contributed by atoms with Crippen molar-refractivity contribution >= 4 is 6.20 Å². The molecule has 0 unspecified atom stereocenters. The van der Waals surface area contributed by atoms with Crippen molar-refractivity contribution in [3.05, 3.63) is 16.6 Å². The normalized spacial score (nSPS) is 17.9. The maximum atomic E-state index is 11.5. The molecule has 1 aromatic heterocycles. The Bertz CT molecular complexity index is 374. The van der Waals surface area contributed by atoms with Crippen LogP contribution in [-0.2, 0) is 4.74 Å². The van der Waals surface area contributed by atoms with Gasteiger partial charge in [-0.05, 0) is 17.4 Å². The Balaban J connectivity index is 2.32. The number of allylic oxidation sites excluding steroid dienone is 1. The largest absolute Gasteiger partial charge is 0.377 e. The maximum Gasteiger partial charge on any atom is 0.368 e. The van der Waals surface area contributed by atoms with Crippen LogP contribution in [0.2, 0.25) is 0 Å². The molecule has 1 aliphatic heterocycles. The Morgan fingerprint density at radius 3 is 2.85 bits per heavy atom. The van der Waals surface area contributed by atoms with Crippen LogP contribution in [0.3, 0.4) is 0 Å². The molecule has 1 fully saturated rings. The van der Waals surface area contributed by atoms with Crippen LogP contribution < -0.4 is 5.69 Å². The van der Waals surface area contributed by atoms with Crippen molar-refractivity contribution in [3.8, 4) is 0 Å². The first-order valence-electron chi connectivity index (χ1n) is 4.07. The van der Waals surface area contributed by atoms with Crippen molar-refractivity contribution < 1.29 is 4.74 Å². The van der Waals surface area contributed by atoms with Gasteiger partial charge in [0, 0.05) is 6.20 Å². The summed E-state index contributed by atoms with van der Waals surface area (Å²) in [5.41, 5.74) is -0.216. The number of hydrogen-bond acceptors (Lipinski definition) is 4. The summed E-state index contributed by atoms with van der Waals surface area (Å²) in [4.78, 5) is 11.5. The summed E-state index contributed by atoms with van der Waals surface area (Å²) in [6, 6.07) is 0.0616. The lowest BCUT2D eigenvalue weighted by molar-refractivity contribution is -0.0309. The standard InChI is InChI=1S/C7H10N4O2/c1-2-3-10-7(12)11(9-8-10)6-4-13-5-6/h2-3,6H,4-5H2,1H3/b3-2-. The Kier molecular flexibility index (Phi) is 1.97. The number of aromatic nitrogens is 4. The zero-order chi connectivity index (χ0) is 9.26. The molecule has 0 aromatic carbocycles. The van der Waals surface area contributed by atoms with Gasteiger partial charge in [-0.2, -0.15) is 9.36 Å². The van der Waals surface area contributed by atoms with Crippen LogP contribution in [0.1, 0.15) is 13.0 Å². The Morgan fingerprint density at radius 1 is 1.54 bits per heavy atom. The molecule has 0 saturated carbocycles. The van der Waals surface area contributed by atoms with Gasteiger partial charge in [-0.25, -0.2) is 4.79 Å². The molecule has 0 spiro atoms. The zero-order valence-corrected chi connectivity index (χ0v) is 7.25. The van der Waals surface area contributed by atoms with E-state index in [1.165, 1.54) is 9.36 Å². The molecule has 0 radical (unpaired) electrons. The van der Waals surface area contributed by atoms with Crippen LogP contribution in [0.4, 0.5) is 0 Å². The number of rotatable bonds is 2. The van der Waals surface area contributed by atoms with E-state index in [0.29, 0.717) is 13.2 Å². The van der Waals surface area contributed by atoms with E-state index in [1.54, 1.807) is 12.3 Å². The zero-order valence-electron chi connectivity index (χ0n) is 7.25. The van der Waals surface area contributed by atoms with Crippen LogP contribution in [0, 0.1) is 0 Å². The van der Waals surface area contributed by atoms with Crippen LogP contribution in [0.25, 0.3) is 6.20 Å². The first-order chi connectivity index (χ1) is 6.33. The van der Waals surface area contributed by atoms with Crippen molar-refractivity contribution in [2.75, 3.05) is 13.2 Å². The van der Waals surface area contributed by atoms with Gasteiger partial charge in [0.15, 0.2) is 0 Å². The molecule has 1 aromatic rings. The molecule has 0 atom stereocenters. The third-order valence-corrected chi connectivity index (χ3v) is 1.88. The molecule has 0 amide bonds. The van der Waals surface area contributed by atoms with Crippen LogP contribution >= 0.6 is 0 Å². The molecule has 6 nitrogen and oxygen atoms in total. The molecule has 0 N–H and O–H groups in total. The molecule has 0 bridgehead atoms. The fourth-order valence-corrected chi connectivity index (χ4v) is 1.10. The molecule has 1 aliphatic rings. The summed E-state index contributed by atoms with van der Waals surface area (Å²) >= 11 is 0. The molecule has 13 heavy (non-hydrogen) atoms. The predicted molar refractivity (Wildman–Crippen MR) is 45.1 cm³/mol. The van der Waals surface area contributed by atoms with Gasteiger partial charge in [-0.3, -0.25) is 0 Å². The summed E-state index contributed by atoms with van der Waals surface area (Å²) < 4.78 is 7.52. The quantitative estimate of drug-likeness (QED) is 0.618. The highest BCUT2D eigenvalue weighted by atomic mass is 16.5. The van der Waals surface area contributed by atoms with E-state index in [4.69, 9.17) is 4.74 Å². The van der Waals surface area contributed by atoms with E-state index in [-0.39, 0.29) is 11.7 Å². The average molecular weight is 182 g/mol. The summed E-state index contributed by atoms with van der Waals surface area (Å²) in [7, 11) is 0. The van der Waals surface area contributed by atoms with Crippen molar-refractivity contribution in [3.63, 3.8) is 0 Å². The molecule has 70 valence electrons. The van der Waals surface area contributed by atoms with Crippen molar-refractivity contribution in [2.24, 2.45) is 0 Å². The molecular weight excluding hydrogens is 172 g/mol. The molecule has 2 rings (SSSR count). The molecule has 0 aliphatic carbocycles. The SMILES string of the molecule is C/C=C\n1nnn(C2COC2)c1=O. The van der Waals surface area contributed by atoms with Gasteiger partial charge in [0.25, 0.3) is 0 Å². The van der Waals surface area contributed by atoms with E-state index >= 15 is 0 Å². The second-order valence-corrected chi connectivity index (χ2v) is 2.82. The first-order valence-corrected chi connectivity index (χ1v) is 4.07. The van der Waals surface area contributed by atoms with Crippen molar-refractivity contribution in [2.45, 2.75) is 13.0 Å². The lowest BCUT2D eigenvalue weighted by Gasteiger charge is -2.24. The third kappa shape index (κ3) is 1.29. The Morgan fingerprint density at radius 2 is 2.31 bits per heavy atom. The van der Waals surface area contributed by atoms with Gasteiger partial charge in [0.1, 0.15) is 6.04 Å². The Hall–Kier alpha value is -1.43. The van der Waals surface area contributed by atoms with E-state index < -0.39 is 0 Å². The number of nitrogens with zero attached hydrogens (tertiary/aromatic N) is 4. The van der Waals surface area contributed by atoms with Gasteiger partial charge in [0.2, 0.25) is 0 Å². The summed E-state index contributed by atoms with van der Waals surface area (Å²) in [6.07, 6.45) is 3.31. The van der Waals surface area contributed by atoms with Gasteiger partial charge < -0.3 is 4.74 Å². The van der Waals surface area contributed by atoms with E-state index in [9.17, 15) is 4.79 Å². The second kappa shape index (κ2) is 3.14. The second-order valence-electron chi connectivity index (χ2n) is 2.82.